The van der Waals surface area contributed by atoms with Crippen LogP contribution in [0.25, 0.3) is 0 Å². The van der Waals surface area contributed by atoms with Gasteiger partial charge in [-0.05, 0) is 79.4 Å². The molecule has 3 aromatic rings. The Kier molecular flexibility index (Phi) is 5.36. The number of amides is 2. The number of carbonyl (C=O) groups excluding carboxylic acids is 2. The zero-order chi connectivity index (χ0) is 20.4. The van der Waals surface area contributed by atoms with E-state index in [2.05, 4.69) is 5.32 Å². The lowest BCUT2D eigenvalue weighted by atomic mass is 9.98. The van der Waals surface area contributed by atoms with Crippen LogP contribution in [0.5, 0.6) is 0 Å². The summed E-state index contributed by atoms with van der Waals surface area (Å²) >= 11 is 6.04. The second kappa shape index (κ2) is 8.10. The molecule has 1 N–H and O–H groups in total. The molecule has 1 aliphatic heterocycles. The average molecular weight is 405 g/mol. The van der Waals surface area contributed by atoms with Gasteiger partial charge in [-0.3, -0.25) is 9.59 Å². The Morgan fingerprint density at radius 3 is 2.59 bits per heavy atom. The van der Waals surface area contributed by atoms with Crippen molar-refractivity contribution in [1.29, 1.82) is 0 Å². The molecule has 1 heterocycles. The van der Waals surface area contributed by atoms with Gasteiger partial charge in [0.2, 0.25) is 0 Å². The topological polar surface area (TPSA) is 49.4 Å². The normalized spacial score (nSPS) is 13.0. The van der Waals surface area contributed by atoms with E-state index in [0.717, 1.165) is 35.3 Å². The maximum atomic E-state index is 13.0. The van der Waals surface area contributed by atoms with Gasteiger partial charge in [0.1, 0.15) is 0 Å². The van der Waals surface area contributed by atoms with Crippen LogP contribution in [0.15, 0.2) is 66.7 Å². The summed E-state index contributed by atoms with van der Waals surface area (Å²) < 4.78 is 0. The Hall–Kier alpha value is -3.11. The van der Waals surface area contributed by atoms with Crippen molar-refractivity contribution in [2.75, 3.05) is 16.8 Å². The fourth-order valence-corrected chi connectivity index (χ4v) is 3.84. The first-order chi connectivity index (χ1) is 14.0. The molecule has 0 saturated carbocycles. The second-order valence-electron chi connectivity index (χ2n) is 7.24. The summed E-state index contributed by atoms with van der Waals surface area (Å²) in [6.07, 6.45) is 1.68. The van der Waals surface area contributed by atoms with E-state index in [1.54, 1.807) is 35.2 Å². The summed E-state index contributed by atoms with van der Waals surface area (Å²) in [4.78, 5) is 27.4. The number of anilines is 2. The van der Waals surface area contributed by atoms with Crippen molar-refractivity contribution in [3.63, 3.8) is 0 Å². The Morgan fingerprint density at radius 2 is 1.79 bits per heavy atom. The van der Waals surface area contributed by atoms with Crippen molar-refractivity contribution >= 4 is 34.8 Å². The van der Waals surface area contributed by atoms with Crippen molar-refractivity contribution in [3.8, 4) is 0 Å². The molecular formula is C24H21ClN2O2. The first-order valence-corrected chi connectivity index (χ1v) is 9.97. The molecule has 0 aliphatic carbocycles. The molecule has 0 atom stereocenters. The first-order valence-electron chi connectivity index (χ1n) is 9.59. The van der Waals surface area contributed by atoms with Crippen LogP contribution in [0, 0.1) is 6.92 Å². The molecule has 0 saturated heterocycles. The third-order valence-corrected chi connectivity index (χ3v) is 5.29. The minimum Gasteiger partial charge on any atom is -0.322 e. The summed E-state index contributed by atoms with van der Waals surface area (Å²) in [7, 11) is 0. The van der Waals surface area contributed by atoms with Gasteiger partial charge in [0.25, 0.3) is 11.8 Å². The lowest BCUT2D eigenvalue weighted by Crippen LogP contribution is -2.35. The molecule has 0 radical (unpaired) electrons. The highest BCUT2D eigenvalue weighted by molar-refractivity contribution is 6.31. The zero-order valence-electron chi connectivity index (χ0n) is 16.1. The number of carbonyl (C=O) groups is 2. The van der Waals surface area contributed by atoms with Crippen molar-refractivity contribution in [2.45, 2.75) is 19.8 Å². The van der Waals surface area contributed by atoms with Crippen LogP contribution in [0.4, 0.5) is 11.4 Å². The number of hydrogen-bond donors (Lipinski definition) is 1. The van der Waals surface area contributed by atoms with Crippen molar-refractivity contribution in [2.24, 2.45) is 0 Å². The van der Waals surface area contributed by atoms with Gasteiger partial charge in [-0.15, -0.1) is 0 Å². The first kappa shape index (κ1) is 19.2. The molecule has 4 rings (SSSR count). The molecule has 0 spiro atoms. The van der Waals surface area contributed by atoms with Crippen molar-refractivity contribution < 1.29 is 9.59 Å². The van der Waals surface area contributed by atoms with Gasteiger partial charge in [-0.25, -0.2) is 0 Å². The minimum absolute atomic E-state index is 0.0783. The molecule has 5 heteroatoms. The standard InChI is InChI=1S/C24H21ClN2O2/c1-16-5-2-9-21(13-16)26-23(28)18-10-11-22-17(14-18)7-4-12-27(22)24(29)19-6-3-8-20(25)15-19/h2-3,5-6,8-11,13-15H,4,7,12H2,1H3,(H,26,28). The largest absolute Gasteiger partial charge is 0.322 e. The van der Waals surface area contributed by atoms with Crippen LogP contribution in [-0.4, -0.2) is 18.4 Å². The fourth-order valence-electron chi connectivity index (χ4n) is 3.65. The predicted molar refractivity (Wildman–Crippen MR) is 117 cm³/mol. The maximum Gasteiger partial charge on any atom is 0.258 e. The minimum atomic E-state index is -0.156. The highest BCUT2D eigenvalue weighted by Gasteiger charge is 2.24. The summed E-state index contributed by atoms with van der Waals surface area (Å²) in [6.45, 7) is 2.63. The lowest BCUT2D eigenvalue weighted by molar-refractivity contribution is 0.0984. The third-order valence-electron chi connectivity index (χ3n) is 5.05. The number of aryl methyl sites for hydroxylation is 2. The molecule has 0 unspecified atom stereocenters. The number of hydrogen-bond acceptors (Lipinski definition) is 2. The summed E-state index contributed by atoms with van der Waals surface area (Å²) in [5.41, 5.74) is 4.86. The smallest absolute Gasteiger partial charge is 0.258 e. The van der Waals surface area contributed by atoms with Crippen LogP contribution >= 0.6 is 11.6 Å². The predicted octanol–water partition coefficient (Wildman–Crippen LogP) is 5.49. The number of fused-ring (bicyclic) bond motifs is 1. The van der Waals surface area contributed by atoms with E-state index in [0.29, 0.717) is 22.7 Å². The second-order valence-corrected chi connectivity index (χ2v) is 7.67. The van der Waals surface area contributed by atoms with Gasteiger partial charge in [-0.2, -0.15) is 0 Å². The van der Waals surface area contributed by atoms with Gasteiger partial charge in [0.05, 0.1) is 0 Å². The van der Waals surface area contributed by atoms with E-state index in [1.165, 1.54) is 0 Å². The number of rotatable bonds is 3. The lowest BCUT2D eigenvalue weighted by Gasteiger charge is -2.30. The van der Waals surface area contributed by atoms with Crippen LogP contribution in [0.1, 0.15) is 38.3 Å². The summed E-state index contributed by atoms with van der Waals surface area (Å²) in [5, 5.41) is 3.48. The summed E-state index contributed by atoms with van der Waals surface area (Å²) in [6, 6.07) is 20.2. The molecule has 4 nitrogen and oxygen atoms in total. The number of benzene rings is 3. The van der Waals surface area contributed by atoms with Gasteiger partial charge in [0, 0.05) is 34.1 Å². The number of halogens is 1. The van der Waals surface area contributed by atoms with Crippen molar-refractivity contribution in [3.05, 3.63) is 94.0 Å². The number of nitrogens with one attached hydrogen (secondary N) is 1. The molecular weight excluding hydrogens is 384 g/mol. The Morgan fingerprint density at radius 1 is 0.966 bits per heavy atom. The van der Waals surface area contributed by atoms with Crippen LogP contribution < -0.4 is 10.2 Å². The van der Waals surface area contributed by atoms with E-state index >= 15 is 0 Å². The summed E-state index contributed by atoms with van der Waals surface area (Å²) in [5.74, 6) is -0.234. The monoisotopic (exact) mass is 404 g/mol. The van der Waals surface area contributed by atoms with E-state index in [9.17, 15) is 9.59 Å². The Bertz CT molecular complexity index is 1090. The van der Waals surface area contributed by atoms with Gasteiger partial charge >= 0.3 is 0 Å². The molecule has 146 valence electrons. The SMILES string of the molecule is Cc1cccc(NC(=O)c2ccc3c(c2)CCCN3C(=O)c2cccc(Cl)c2)c1. The fraction of sp³-hybridized carbons (Fsp3) is 0.167. The number of nitrogens with zero attached hydrogens (tertiary/aromatic N) is 1. The molecule has 0 bridgehead atoms. The highest BCUT2D eigenvalue weighted by Crippen LogP contribution is 2.30. The van der Waals surface area contributed by atoms with Crippen molar-refractivity contribution in [1.82, 2.24) is 0 Å². The van der Waals surface area contributed by atoms with E-state index < -0.39 is 0 Å². The molecule has 29 heavy (non-hydrogen) atoms. The highest BCUT2D eigenvalue weighted by atomic mass is 35.5. The maximum absolute atomic E-state index is 13.0. The van der Waals surface area contributed by atoms with Crippen LogP contribution in [0.2, 0.25) is 5.02 Å². The van der Waals surface area contributed by atoms with Crippen LogP contribution in [0.3, 0.4) is 0 Å². The van der Waals surface area contributed by atoms with Gasteiger partial charge in [-0.1, -0.05) is 29.8 Å². The van der Waals surface area contributed by atoms with E-state index in [-0.39, 0.29) is 11.8 Å². The molecule has 3 aromatic carbocycles. The van der Waals surface area contributed by atoms with Gasteiger partial charge < -0.3 is 10.2 Å². The van der Waals surface area contributed by atoms with E-state index in [1.807, 2.05) is 43.3 Å². The van der Waals surface area contributed by atoms with Gasteiger partial charge in [0.15, 0.2) is 0 Å². The molecule has 0 aromatic heterocycles. The average Bonchev–Trinajstić information content (AvgIpc) is 2.72. The van der Waals surface area contributed by atoms with Crippen LogP contribution in [-0.2, 0) is 6.42 Å². The quantitative estimate of drug-likeness (QED) is 0.627. The van der Waals surface area contributed by atoms with E-state index in [4.69, 9.17) is 11.6 Å². The Balaban J connectivity index is 1.58. The molecule has 2 amide bonds. The molecule has 1 aliphatic rings. The Labute approximate surface area is 175 Å². The third kappa shape index (κ3) is 4.17. The zero-order valence-corrected chi connectivity index (χ0v) is 16.9. The molecule has 0 fully saturated rings.